The van der Waals surface area contributed by atoms with Gasteiger partial charge in [0, 0.05) is 49.6 Å². The zero-order valence-electron chi connectivity index (χ0n) is 41.1. The molecule has 2 aliphatic heterocycles. The van der Waals surface area contributed by atoms with E-state index in [4.69, 9.17) is 28.3 Å². The number of likely N-dealkylation sites (tertiary alicyclic amines) is 1. The first-order valence-corrected chi connectivity index (χ1v) is 24.0. The zero-order valence-corrected chi connectivity index (χ0v) is 41.9. The van der Waals surface area contributed by atoms with Crippen LogP contribution in [0.1, 0.15) is 140 Å². The van der Waals surface area contributed by atoms with Crippen molar-refractivity contribution in [3.63, 3.8) is 0 Å². The number of carbonyl (C=O) groups excluding carboxylic acids is 6. The number of hydrogen-bond donors (Lipinski definition) is 5. The molecular formula is C46H66N10O12S. The van der Waals surface area contributed by atoms with E-state index in [2.05, 4.69) is 65.6 Å². The van der Waals surface area contributed by atoms with E-state index in [0.717, 1.165) is 50.0 Å². The minimum Gasteiger partial charge on any atom is -0.490 e. The van der Waals surface area contributed by atoms with Crippen molar-refractivity contribution in [3.8, 4) is 11.5 Å². The predicted molar refractivity (Wildman–Crippen MR) is 253 cm³/mol. The summed E-state index contributed by atoms with van der Waals surface area (Å²) < 4.78 is 27.9. The molecule has 0 aliphatic carbocycles. The summed E-state index contributed by atoms with van der Waals surface area (Å²) in [5, 5.41) is 23.1. The van der Waals surface area contributed by atoms with Crippen molar-refractivity contribution < 1.29 is 57.1 Å². The Labute approximate surface area is 405 Å². The topological polar surface area (TPSA) is 276 Å². The van der Waals surface area contributed by atoms with Crippen molar-refractivity contribution in [3.05, 3.63) is 46.6 Å². The first-order chi connectivity index (χ1) is 32.6. The maximum atomic E-state index is 13.8. The maximum absolute atomic E-state index is 13.8. The van der Waals surface area contributed by atoms with E-state index < -0.39 is 64.4 Å². The third-order valence-corrected chi connectivity index (χ3v) is 11.1. The summed E-state index contributed by atoms with van der Waals surface area (Å²) in [5.41, 5.74) is -2.91. The van der Waals surface area contributed by atoms with Crippen LogP contribution in [0, 0.1) is 0 Å². The molecule has 0 radical (unpaired) electrons. The number of rotatable bonds is 23. The van der Waals surface area contributed by atoms with Crippen LogP contribution in [0.5, 0.6) is 11.5 Å². The van der Waals surface area contributed by atoms with Gasteiger partial charge in [-0.2, -0.15) is 0 Å². The molecule has 3 aromatic heterocycles. The Bertz CT molecular complexity index is 2320. The van der Waals surface area contributed by atoms with E-state index in [0.29, 0.717) is 50.0 Å². The molecule has 0 unspecified atom stereocenters. The number of carbonyl (C=O) groups is 6. The smallest absolute Gasteiger partial charge is 0.413 e. The number of pyridine rings is 1. The molecule has 5 amide bonds. The number of nitrogens with one attached hydrogen (secondary N) is 5. The summed E-state index contributed by atoms with van der Waals surface area (Å²) >= 11 is 0.967. The van der Waals surface area contributed by atoms with Crippen molar-refractivity contribution >= 4 is 57.9 Å². The highest BCUT2D eigenvalue weighted by atomic mass is 32.1. The van der Waals surface area contributed by atoms with Crippen LogP contribution in [0.4, 0.5) is 9.93 Å². The van der Waals surface area contributed by atoms with E-state index in [1.807, 2.05) is 0 Å². The first kappa shape index (κ1) is 53.6. The van der Waals surface area contributed by atoms with Crippen molar-refractivity contribution in [1.29, 1.82) is 0 Å². The lowest BCUT2D eigenvalue weighted by atomic mass is 9.98. The summed E-state index contributed by atoms with van der Waals surface area (Å²) in [6, 6.07) is 1.34. The number of thiazole rings is 1. The predicted octanol–water partition coefficient (Wildman–Crippen LogP) is 4.70. The average Bonchev–Trinajstić information content (AvgIpc) is 4.06. The zero-order chi connectivity index (χ0) is 50.5. The molecule has 3 atom stereocenters. The summed E-state index contributed by atoms with van der Waals surface area (Å²) in [5.74, 6) is -2.13. The molecule has 2 aliphatic rings. The van der Waals surface area contributed by atoms with Gasteiger partial charge in [0.05, 0.1) is 31.1 Å². The lowest BCUT2D eigenvalue weighted by Gasteiger charge is -2.37. The number of unbranched alkanes of at least 4 members (excludes halogenated alkanes) is 2. The van der Waals surface area contributed by atoms with Gasteiger partial charge in [-0.1, -0.05) is 37.0 Å². The van der Waals surface area contributed by atoms with Gasteiger partial charge in [0.1, 0.15) is 28.6 Å². The van der Waals surface area contributed by atoms with Gasteiger partial charge < -0.3 is 54.5 Å². The van der Waals surface area contributed by atoms with Gasteiger partial charge in [-0.3, -0.25) is 24.5 Å². The van der Waals surface area contributed by atoms with Crippen LogP contribution in [0.15, 0.2) is 33.4 Å². The molecule has 0 spiro atoms. The van der Waals surface area contributed by atoms with Gasteiger partial charge in [-0.25, -0.2) is 19.6 Å². The molecule has 2 saturated heterocycles. The molecule has 23 heteroatoms. The number of aromatic nitrogens is 3. The fourth-order valence-corrected chi connectivity index (χ4v) is 7.30. The molecule has 5 rings (SSSR count). The molecule has 0 bridgehead atoms. The van der Waals surface area contributed by atoms with Crippen LogP contribution in [0.2, 0.25) is 0 Å². The molecular weight excluding hydrogens is 917 g/mol. The van der Waals surface area contributed by atoms with Gasteiger partial charge in [-0.05, 0) is 81.2 Å². The molecule has 0 saturated carbocycles. The lowest BCUT2D eigenvalue weighted by Crippen LogP contribution is -2.72. The second kappa shape index (κ2) is 23.8. The SMILES string of the molecule is CCCCOc1cnc(C(=O)NCCN2CC[C@@H](c3cc(C(=O)NC[C@H]4NC(=O)[C@H]4NC(=O)/C(=N\OC(C)(C)C(=O)OC(C)(C)C)c4csc(NC(=O)OC(C)(C)C)n4)on3)C2)cc1OCCCC. The second-order valence-electron chi connectivity index (χ2n) is 19.1. The third kappa shape index (κ3) is 16.1. The van der Waals surface area contributed by atoms with E-state index in [1.54, 1.807) is 53.7 Å². The lowest BCUT2D eigenvalue weighted by molar-refractivity contribution is -0.179. The van der Waals surface area contributed by atoms with Crippen LogP contribution >= 0.6 is 11.3 Å². The Hall–Kier alpha value is -6.36. The minimum atomic E-state index is -1.66. The molecule has 3 aromatic rings. The van der Waals surface area contributed by atoms with E-state index in [1.165, 1.54) is 25.4 Å². The van der Waals surface area contributed by atoms with E-state index in [9.17, 15) is 28.8 Å². The van der Waals surface area contributed by atoms with Crippen molar-refractivity contribution in [2.24, 2.45) is 5.16 Å². The highest BCUT2D eigenvalue weighted by molar-refractivity contribution is 7.14. The molecule has 378 valence electrons. The number of anilines is 1. The monoisotopic (exact) mass is 982 g/mol. The Morgan fingerprint density at radius 1 is 0.913 bits per heavy atom. The highest BCUT2D eigenvalue weighted by Crippen LogP contribution is 2.29. The van der Waals surface area contributed by atoms with Crippen LogP contribution in [0.3, 0.4) is 0 Å². The first-order valence-electron chi connectivity index (χ1n) is 23.1. The van der Waals surface area contributed by atoms with Crippen LogP contribution in [-0.2, 0) is 28.7 Å². The number of β-lactam (4-membered cyclic amide) rings is 1. The molecule has 0 aromatic carbocycles. The van der Waals surface area contributed by atoms with Crippen molar-refractivity contribution in [1.82, 2.24) is 41.3 Å². The fourth-order valence-electron chi connectivity index (χ4n) is 6.62. The Kier molecular flexibility index (Phi) is 18.5. The van der Waals surface area contributed by atoms with E-state index >= 15 is 0 Å². The quantitative estimate of drug-likeness (QED) is 0.0283. The average molecular weight is 983 g/mol. The van der Waals surface area contributed by atoms with Crippen molar-refractivity contribution in [2.45, 2.75) is 136 Å². The Balaban J connectivity index is 1.13. The summed E-state index contributed by atoms with van der Waals surface area (Å²) in [4.78, 5) is 94.5. The van der Waals surface area contributed by atoms with E-state index in [-0.39, 0.29) is 40.6 Å². The summed E-state index contributed by atoms with van der Waals surface area (Å²) in [7, 11) is 0. The van der Waals surface area contributed by atoms with Gasteiger partial charge in [-0.15, -0.1) is 11.3 Å². The molecule has 22 nitrogen and oxygen atoms in total. The third-order valence-electron chi connectivity index (χ3n) is 10.3. The molecule has 2 fully saturated rings. The molecule has 69 heavy (non-hydrogen) atoms. The Morgan fingerprint density at radius 3 is 2.28 bits per heavy atom. The largest absolute Gasteiger partial charge is 0.490 e. The normalized spacial score (nSPS) is 17.5. The number of amides is 5. The second-order valence-corrected chi connectivity index (χ2v) is 19.9. The highest BCUT2D eigenvalue weighted by Gasteiger charge is 2.42. The maximum Gasteiger partial charge on any atom is 0.413 e. The number of ether oxygens (including phenoxy) is 4. The molecule has 5 N–H and O–H groups in total. The standard InChI is InChI=1S/C46H66N10O12S/c1-11-13-19-63-32-22-29(48-24-34(32)64-20-14-12-2)37(57)47-16-18-56-17-15-27(25-56)28-21-33(67-54-28)38(58)49-23-30-35(39(59)50-30)52-40(60)36(55-68-46(9,10)41(61)65-44(3,4)5)31-26-69-42(51-31)53-43(62)66-45(6,7)8/h21-22,24,26-27,30,35H,11-20,23,25H2,1-10H3,(H,47,57)(H,49,58)(H,50,59)(H,52,60)(H,51,53,62)/b55-36-/t27-,30-,35+/m1/s1. The van der Waals surface area contributed by atoms with Gasteiger partial charge >= 0.3 is 12.1 Å². The number of nitrogens with zero attached hydrogens (tertiary/aromatic N) is 5. The van der Waals surface area contributed by atoms with Crippen molar-refractivity contribution in [2.75, 3.05) is 51.3 Å². The Morgan fingerprint density at radius 2 is 1.61 bits per heavy atom. The fraction of sp³-hybridized carbons (Fsp3) is 0.609. The summed E-state index contributed by atoms with van der Waals surface area (Å²) in [6.45, 7) is 20.4. The van der Waals surface area contributed by atoms with Crippen LogP contribution in [0.25, 0.3) is 0 Å². The molecule has 5 heterocycles. The van der Waals surface area contributed by atoms with Gasteiger partial charge in [0.2, 0.25) is 17.3 Å². The summed E-state index contributed by atoms with van der Waals surface area (Å²) in [6.07, 6.45) is 5.24. The minimum absolute atomic E-state index is 0.0160. The van der Waals surface area contributed by atoms with Gasteiger partial charge in [0.25, 0.3) is 17.7 Å². The number of hydrogen-bond acceptors (Lipinski definition) is 18. The van der Waals surface area contributed by atoms with Gasteiger partial charge in [0.15, 0.2) is 22.3 Å². The number of oxime groups is 1. The van der Waals surface area contributed by atoms with Crippen LogP contribution < -0.4 is 36.1 Å². The van der Waals surface area contributed by atoms with Crippen LogP contribution in [-0.4, -0.2) is 136 Å². The number of esters is 1.